The van der Waals surface area contributed by atoms with Crippen molar-refractivity contribution in [2.75, 3.05) is 24.5 Å². The number of hydrogen-bond acceptors (Lipinski definition) is 4. The second-order valence-electron chi connectivity index (χ2n) is 7.05. The predicted octanol–water partition coefficient (Wildman–Crippen LogP) is 4.28. The van der Waals surface area contributed by atoms with E-state index in [1.807, 2.05) is 18.2 Å². The molecule has 2 aromatic carbocycles. The number of alkyl halides is 3. The maximum Gasteiger partial charge on any atom is 0.416 e. The van der Waals surface area contributed by atoms with Crippen LogP contribution < -0.4 is 15.8 Å². The summed E-state index contributed by atoms with van der Waals surface area (Å²) < 4.78 is 44.4. The number of anilines is 1. The highest BCUT2D eigenvalue weighted by atomic mass is 19.4. The van der Waals surface area contributed by atoms with E-state index in [0.29, 0.717) is 17.0 Å². The minimum absolute atomic E-state index is 0.113. The Morgan fingerprint density at radius 1 is 1.14 bits per heavy atom. The Labute approximate surface area is 159 Å². The monoisotopic (exact) mass is 388 g/mol. The molecule has 2 heterocycles. The van der Waals surface area contributed by atoms with E-state index in [1.54, 1.807) is 6.07 Å². The lowest BCUT2D eigenvalue weighted by atomic mass is 10.0. The molecule has 1 saturated heterocycles. The van der Waals surface area contributed by atoms with Gasteiger partial charge < -0.3 is 14.6 Å². The molecule has 0 radical (unpaired) electrons. The molecule has 0 saturated carbocycles. The molecule has 146 valence electrons. The zero-order valence-electron chi connectivity index (χ0n) is 15.2. The van der Waals surface area contributed by atoms with Crippen molar-refractivity contribution in [3.8, 4) is 11.1 Å². The van der Waals surface area contributed by atoms with Crippen molar-refractivity contribution in [1.82, 2.24) is 5.32 Å². The first-order chi connectivity index (χ1) is 13.3. The van der Waals surface area contributed by atoms with Crippen molar-refractivity contribution in [3.63, 3.8) is 0 Å². The molecule has 7 heteroatoms. The van der Waals surface area contributed by atoms with Crippen LogP contribution in [0, 0.1) is 0 Å². The van der Waals surface area contributed by atoms with Crippen LogP contribution in [0.1, 0.15) is 12.5 Å². The average molecular weight is 388 g/mol. The third kappa shape index (κ3) is 3.62. The van der Waals surface area contributed by atoms with Crippen molar-refractivity contribution in [2.45, 2.75) is 19.1 Å². The lowest BCUT2D eigenvalue weighted by Gasteiger charge is -2.33. The zero-order valence-corrected chi connectivity index (χ0v) is 15.2. The van der Waals surface area contributed by atoms with Crippen LogP contribution >= 0.6 is 0 Å². The van der Waals surface area contributed by atoms with Crippen molar-refractivity contribution in [3.05, 3.63) is 64.5 Å². The Bertz CT molecular complexity index is 1080. The van der Waals surface area contributed by atoms with E-state index in [9.17, 15) is 18.0 Å². The predicted molar refractivity (Wildman–Crippen MR) is 103 cm³/mol. The topological polar surface area (TPSA) is 45.5 Å². The number of fused-ring (bicyclic) bond motifs is 1. The van der Waals surface area contributed by atoms with Gasteiger partial charge in [-0.15, -0.1) is 0 Å². The molecule has 4 rings (SSSR count). The van der Waals surface area contributed by atoms with E-state index < -0.39 is 17.4 Å². The van der Waals surface area contributed by atoms with Gasteiger partial charge in [-0.1, -0.05) is 12.1 Å². The van der Waals surface area contributed by atoms with Gasteiger partial charge in [0, 0.05) is 42.8 Å². The third-order valence-electron chi connectivity index (χ3n) is 4.95. The summed E-state index contributed by atoms with van der Waals surface area (Å²) in [7, 11) is 0. The normalized spacial score (nSPS) is 17.9. The minimum Gasteiger partial charge on any atom is -0.422 e. The number of hydrogen-bond donors (Lipinski definition) is 1. The quantitative estimate of drug-likeness (QED) is 0.666. The van der Waals surface area contributed by atoms with Gasteiger partial charge in [0.25, 0.3) is 0 Å². The molecular weight excluding hydrogens is 369 g/mol. The molecule has 1 fully saturated rings. The second kappa shape index (κ2) is 6.98. The molecule has 1 aliphatic heterocycles. The highest BCUT2D eigenvalue weighted by Crippen LogP contribution is 2.32. The number of nitrogens with zero attached hydrogens (tertiary/aromatic N) is 1. The maximum absolute atomic E-state index is 13.0. The van der Waals surface area contributed by atoms with Crippen molar-refractivity contribution in [2.24, 2.45) is 0 Å². The zero-order chi connectivity index (χ0) is 19.9. The first kappa shape index (κ1) is 18.6. The molecule has 1 aromatic heterocycles. The summed E-state index contributed by atoms with van der Waals surface area (Å²) in [5, 5.41) is 4.04. The first-order valence-electron chi connectivity index (χ1n) is 9.05. The van der Waals surface area contributed by atoms with E-state index in [2.05, 4.69) is 17.1 Å². The highest BCUT2D eigenvalue weighted by Gasteiger charge is 2.30. The third-order valence-corrected chi connectivity index (χ3v) is 4.95. The summed E-state index contributed by atoms with van der Waals surface area (Å²) >= 11 is 0. The lowest BCUT2D eigenvalue weighted by Crippen LogP contribution is -2.49. The van der Waals surface area contributed by atoms with Gasteiger partial charge in [0.15, 0.2) is 0 Å². The van der Waals surface area contributed by atoms with Crippen LogP contribution in [0.4, 0.5) is 18.9 Å². The summed E-state index contributed by atoms with van der Waals surface area (Å²) in [6.45, 7) is 4.67. The molecule has 0 bridgehead atoms. The summed E-state index contributed by atoms with van der Waals surface area (Å²) in [4.78, 5) is 14.7. The van der Waals surface area contributed by atoms with Crippen LogP contribution in [0.2, 0.25) is 0 Å². The van der Waals surface area contributed by atoms with Gasteiger partial charge in [-0.3, -0.25) is 0 Å². The highest BCUT2D eigenvalue weighted by molar-refractivity contribution is 5.84. The maximum atomic E-state index is 13.0. The molecule has 1 aliphatic rings. The molecule has 0 amide bonds. The molecule has 4 nitrogen and oxygen atoms in total. The SMILES string of the molecule is CC1CN(c2ccc3cc(-c4cccc(C(F)(F)F)c4)c(=O)oc3c2)CCN1. The van der Waals surface area contributed by atoms with Crippen LogP contribution in [0.25, 0.3) is 22.1 Å². The van der Waals surface area contributed by atoms with E-state index in [0.717, 1.165) is 37.5 Å². The Balaban J connectivity index is 1.74. The Hall–Kier alpha value is -2.80. The smallest absolute Gasteiger partial charge is 0.416 e. The number of halogens is 3. The Kier molecular flexibility index (Phi) is 4.63. The summed E-state index contributed by atoms with van der Waals surface area (Å²) in [6.07, 6.45) is -4.47. The van der Waals surface area contributed by atoms with Crippen molar-refractivity contribution >= 4 is 16.7 Å². The number of piperazine rings is 1. The van der Waals surface area contributed by atoms with Gasteiger partial charge in [0.2, 0.25) is 0 Å². The molecular formula is C21H19F3N2O2. The van der Waals surface area contributed by atoms with E-state index >= 15 is 0 Å². The van der Waals surface area contributed by atoms with Crippen LogP contribution in [0.3, 0.4) is 0 Å². The Morgan fingerprint density at radius 2 is 1.96 bits per heavy atom. The first-order valence-corrected chi connectivity index (χ1v) is 9.05. The van der Waals surface area contributed by atoms with E-state index in [1.165, 1.54) is 12.1 Å². The largest absolute Gasteiger partial charge is 0.422 e. The number of nitrogens with one attached hydrogen (secondary N) is 1. The van der Waals surface area contributed by atoms with Crippen LogP contribution in [-0.4, -0.2) is 25.7 Å². The van der Waals surface area contributed by atoms with Crippen molar-refractivity contribution in [1.29, 1.82) is 0 Å². The van der Waals surface area contributed by atoms with E-state index in [4.69, 9.17) is 4.42 Å². The minimum atomic E-state index is -4.47. The van der Waals surface area contributed by atoms with Crippen LogP contribution in [0.15, 0.2) is 57.7 Å². The Morgan fingerprint density at radius 3 is 2.71 bits per heavy atom. The van der Waals surface area contributed by atoms with Crippen LogP contribution in [0.5, 0.6) is 0 Å². The van der Waals surface area contributed by atoms with Gasteiger partial charge in [0.05, 0.1) is 11.1 Å². The molecule has 1 atom stereocenters. The summed E-state index contributed by atoms with van der Waals surface area (Å²) in [5.74, 6) is 0. The molecule has 0 aliphatic carbocycles. The standard InChI is InChI=1S/C21H19F3N2O2/c1-13-12-26(8-7-25-13)17-6-5-15-10-18(20(27)28-19(15)11-17)14-3-2-4-16(9-14)21(22,23)24/h2-6,9-11,13,25H,7-8,12H2,1H3. The fraction of sp³-hybridized carbons (Fsp3) is 0.286. The molecule has 28 heavy (non-hydrogen) atoms. The molecule has 0 spiro atoms. The second-order valence-corrected chi connectivity index (χ2v) is 7.05. The number of rotatable bonds is 2. The average Bonchev–Trinajstić information content (AvgIpc) is 2.66. The fourth-order valence-corrected chi connectivity index (χ4v) is 3.53. The number of benzene rings is 2. The van der Waals surface area contributed by atoms with Gasteiger partial charge in [-0.2, -0.15) is 13.2 Å². The van der Waals surface area contributed by atoms with Gasteiger partial charge in [0.1, 0.15) is 5.58 Å². The summed E-state index contributed by atoms with van der Waals surface area (Å²) in [6, 6.07) is 12.2. The van der Waals surface area contributed by atoms with Gasteiger partial charge >= 0.3 is 11.8 Å². The lowest BCUT2D eigenvalue weighted by molar-refractivity contribution is -0.137. The van der Waals surface area contributed by atoms with Gasteiger partial charge in [-0.05, 0) is 42.8 Å². The molecule has 3 aromatic rings. The molecule has 1 unspecified atom stereocenters. The summed E-state index contributed by atoms with van der Waals surface area (Å²) in [5.41, 5.74) is 0.221. The fourth-order valence-electron chi connectivity index (χ4n) is 3.53. The van der Waals surface area contributed by atoms with Crippen molar-refractivity contribution < 1.29 is 17.6 Å². The molecule has 1 N–H and O–H groups in total. The van der Waals surface area contributed by atoms with Crippen LogP contribution in [-0.2, 0) is 6.18 Å². The van der Waals surface area contributed by atoms with E-state index in [-0.39, 0.29) is 11.1 Å². The van der Waals surface area contributed by atoms with Gasteiger partial charge in [-0.25, -0.2) is 4.79 Å².